The Kier molecular flexibility index (Phi) is 4.68. The molecule has 2 rings (SSSR count). The summed E-state index contributed by atoms with van der Waals surface area (Å²) in [6.45, 7) is 4.01. The van der Waals surface area contributed by atoms with E-state index >= 15 is 0 Å². The number of anilines is 1. The minimum absolute atomic E-state index is 0.885. The highest BCUT2D eigenvalue weighted by molar-refractivity contribution is 7.16. The smallest absolute Gasteiger partial charge is 0.183 e. The van der Waals surface area contributed by atoms with Crippen molar-refractivity contribution in [2.24, 2.45) is 0 Å². The number of hydrogen-bond donors (Lipinski definition) is 1. The molecule has 2 aromatic heterocycles. The molecule has 6 heteroatoms. The fraction of sp³-hybridized carbons (Fsp3) is 0.500. The van der Waals surface area contributed by atoms with E-state index in [0.717, 1.165) is 40.2 Å². The Bertz CT molecular complexity index is 490. The molecular weight excluding hydrogens is 264 g/mol. The Morgan fingerprint density at radius 1 is 1.39 bits per heavy atom. The van der Waals surface area contributed by atoms with Gasteiger partial charge < -0.3 is 10.2 Å². The third kappa shape index (κ3) is 3.51. The second-order valence-corrected chi connectivity index (χ2v) is 6.29. The standard InChI is InChI=1S/C12H18N4S2/c1-4-5-13-12-15-9(8-17-12)10-6-14-11(18-10)7-16(2)3/h6,8H,4-5,7H2,1-3H3,(H,13,15). The molecule has 0 aromatic carbocycles. The van der Waals surface area contributed by atoms with Gasteiger partial charge >= 0.3 is 0 Å². The minimum Gasteiger partial charge on any atom is -0.362 e. The lowest BCUT2D eigenvalue weighted by Crippen LogP contribution is -2.09. The van der Waals surface area contributed by atoms with Crippen LogP contribution in [0.1, 0.15) is 18.4 Å². The van der Waals surface area contributed by atoms with Gasteiger partial charge in [0, 0.05) is 24.7 Å². The van der Waals surface area contributed by atoms with Crippen LogP contribution in [0.5, 0.6) is 0 Å². The quantitative estimate of drug-likeness (QED) is 0.883. The largest absolute Gasteiger partial charge is 0.362 e. The predicted octanol–water partition coefficient (Wildman–Crippen LogP) is 3.15. The van der Waals surface area contributed by atoms with Crippen molar-refractivity contribution in [3.8, 4) is 10.6 Å². The van der Waals surface area contributed by atoms with Crippen molar-refractivity contribution in [1.29, 1.82) is 0 Å². The van der Waals surface area contributed by atoms with Crippen molar-refractivity contribution in [2.45, 2.75) is 19.9 Å². The van der Waals surface area contributed by atoms with E-state index in [9.17, 15) is 0 Å². The molecule has 18 heavy (non-hydrogen) atoms. The van der Waals surface area contributed by atoms with Crippen molar-refractivity contribution in [2.75, 3.05) is 26.0 Å². The number of aromatic nitrogens is 2. The van der Waals surface area contributed by atoms with Crippen LogP contribution in [0.15, 0.2) is 11.6 Å². The van der Waals surface area contributed by atoms with E-state index in [0.29, 0.717) is 0 Å². The molecule has 0 fully saturated rings. The Morgan fingerprint density at radius 3 is 2.94 bits per heavy atom. The van der Waals surface area contributed by atoms with Crippen LogP contribution in [0.25, 0.3) is 10.6 Å². The molecule has 2 heterocycles. The van der Waals surface area contributed by atoms with Gasteiger partial charge in [-0.2, -0.15) is 0 Å². The molecular formula is C12H18N4S2. The van der Waals surface area contributed by atoms with Crippen LogP contribution < -0.4 is 5.32 Å². The van der Waals surface area contributed by atoms with E-state index in [2.05, 4.69) is 46.6 Å². The number of hydrogen-bond acceptors (Lipinski definition) is 6. The number of nitrogens with one attached hydrogen (secondary N) is 1. The molecule has 2 aromatic rings. The van der Waals surface area contributed by atoms with E-state index in [1.165, 1.54) is 0 Å². The topological polar surface area (TPSA) is 41.1 Å². The average Bonchev–Trinajstić information content (AvgIpc) is 2.94. The summed E-state index contributed by atoms with van der Waals surface area (Å²) in [5.74, 6) is 0. The molecule has 0 saturated heterocycles. The van der Waals surface area contributed by atoms with Crippen molar-refractivity contribution >= 4 is 27.8 Å². The Labute approximate surface area is 116 Å². The SMILES string of the molecule is CCCNc1nc(-c2cnc(CN(C)C)s2)cs1. The zero-order chi connectivity index (χ0) is 13.0. The summed E-state index contributed by atoms with van der Waals surface area (Å²) in [4.78, 5) is 12.3. The molecule has 0 aliphatic carbocycles. The first-order valence-electron chi connectivity index (χ1n) is 5.98. The monoisotopic (exact) mass is 282 g/mol. The fourth-order valence-corrected chi connectivity index (χ4v) is 3.28. The van der Waals surface area contributed by atoms with Gasteiger partial charge in [-0.05, 0) is 20.5 Å². The molecule has 0 saturated carbocycles. The van der Waals surface area contributed by atoms with Crippen molar-refractivity contribution < 1.29 is 0 Å². The summed E-state index contributed by atoms with van der Waals surface area (Å²) in [6, 6.07) is 0. The molecule has 4 nitrogen and oxygen atoms in total. The normalized spacial score (nSPS) is 11.1. The van der Waals surface area contributed by atoms with E-state index in [-0.39, 0.29) is 0 Å². The highest BCUT2D eigenvalue weighted by Gasteiger charge is 2.09. The molecule has 0 radical (unpaired) electrons. The summed E-state index contributed by atoms with van der Waals surface area (Å²) in [6.07, 6.45) is 3.03. The van der Waals surface area contributed by atoms with Gasteiger partial charge in [-0.15, -0.1) is 22.7 Å². The third-order valence-corrected chi connectivity index (χ3v) is 4.09. The van der Waals surface area contributed by atoms with Crippen LogP contribution in [0.2, 0.25) is 0 Å². The van der Waals surface area contributed by atoms with Crippen LogP contribution in [-0.4, -0.2) is 35.5 Å². The molecule has 0 spiro atoms. The summed E-state index contributed by atoms with van der Waals surface area (Å²) in [5, 5.41) is 7.52. The second kappa shape index (κ2) is 6.26. The molecule has 0 aliphatic rings. The summed E-state index contributed by atoms with van der Waals surface area (Å²) in [5.41, 5.74) is 1.03. The van der Waals surface area contributed by atoms with Gasteiger partial charge in [0.1, 0.15) is 5.01 Å². The molecule has 98 valence electrons. The maximum atomic E-state index is 4.57. The molecule has 0 aliphatic heterocycles. The molecule has 0 amide bonds. The van der Waals surface area contributed by atoms with Crippen LogP contribution >= 0.6 is 22.7 Å². The van der Waals surface area contributed by atoms with E-state index in [1.54, 1.807) is 22.7 Å². The third-order valence-electron chi connectivity index (χ3n) is 2.29. The van der Waals surface area contributed by atoms with E-state index in [1.807, 2.05) is 6.20 Å². The lowest BCUT2D eigenvalue weighted by atomic mass is 10.4. The molecule has 0 bridgehead atoms. The first-order valence-corrected chi connectivity index (χ1v) is 7.68. The summed E-state index contributed by atoms with van der Waals surface area (Å²) < 4.78 is 0. The minimum atomic E-state index is 0.885. The second-order valence-electron chi connectivity index (χ2n) is 4.32. The number of rotatable bonds is 6. The molecule has 1 N–H and O–H groups in total. The Morgan fingerprint density at radius 2 is 2.22 bits per heavy atom. The summed E-state index contributed by atoms with van der Waals surface area (Å²) >= 11 is 3.37. The lowest BCUT2D eigenvalue weighted by Gasteiger charge is -2.04. The highest BCUT2D eigenvalue weighted by atomic mass is 32.1. The highest BCUT2D eigenvalue weighted by Crippen LogP contribution is 2.29. The van der Waals surface area contributed by atoms with Crippen LogP contribution in [0, 0.1) is 0 Å². The number of nitrogens with zero attached hydrogens (tertiary/aromatic N) is 3. The zero-order valence-corrected chi connectivity index (χ0v) is 12.6. The van der Waals surface area contributed by atoms with Gasteiger partial charge in [0.25, 0.3) is 0 Å². The first-order chi connectivity index (χ1) is 8.69. The Balaban J connectivity index is 2.06. The van der Waals surface area contributed by atoms with Gasteiger partial charge in [0.05, 0.1) is 10.6 Å². The molecule has 0 unspecified atom stereocenters. The van der Waals surface area contributed by atoms with Gasteiger partial charge in [-0.25, -0.2) is 9.97 Å². The van der Waals surface area contributed by atoms with Crippen molar-refractivity contribution in [3.63, 3.8) is 0 Å². The Hall–Kier alpha value is -0.980. The van der Waals surface area contributed by atoms with Crippen LogP contribution in [0.3, 0.4) is 0 Å². The molecule has 0 atom stereocenters. The summed E-state index contributed by atoms with van der Waals surface area (Å²) in [7, 11) is 4.10. The van der Waals surface area contributed by atoms with Gasteiger partial charge in [0.2, 0.25) is 0 Å². The van der Waals surface area contributed by atoms with Crippen molar-refractivity contribution in [1.82, 2.24) is 14.9 Å². The van der Waals surface area contributed by atoms with Gasteiger partial charge in [0.15, 0.2) is 5.13 Å². The van der Waals surface area contributed by atoms with Crippen molar-refractivity contribution in [3.05, 3.63) is 16.6 Å². The maximum absolute atomic E-state index is 4.57. The lowest BCUT2D eigenvalue weighted by molar-refractivity contribution is 0.401. The first kappa shape index (κ1) is 13.5. The average molecular weight is 282 g/mol. The van der Waals surface area contributed by atoms with Crippen LogP contribution in [0.4, 0.5) is 5.13 Å². The fourth-order valence-electron chi connectivity index (χ4n) is 1.47. The van der Waals surface area contributed by atoms with E-state index in [4.69, 9.17) is 0 Å². The van der Waals surface area contributed by atoms with E-state index < -0.39 is 0 Å². The zero-order valence-electron chi connectivity index (χ0n) is 10.9. The van der Waals surface area contributed by atoms with Crippen LogP contribution in [-0.2, 0) is 6.54 Å². The van der Waals surface area contributed by atoms with Gasteiger partial charge in [-0.3, -0.25) is 0 Å². The van der Waals surface area contributed by atoms with Gasteiger partial charge in [-0.1, -0.05) is 6.92 Å². The number of thiazole rings is 2. The predicted molar refractivity (Wildman–Crippen MR) is 79.4 cm³/mol. The maximum Gasteiger partial charge on any atom is 0.183 e.